The number of benzene rings is 2. The second kappa shape index (κ2) is 6.27. The van der Waals surface area contributed by atoms with E-state index in [4.69, 9.17) is 0 Å². The molecule has 2 aromatic carbocycles. The van der Waals surface area contributed by atoms with Crippen LogP contribution in [0.3, 0.4) is 0 Å². The third kappa shape index (κ3) is 3.51. The van der Waals surface area contributed by atoms with Crippen LogP contribution in [0, 0.1) is 0 Å². The van der Waals surface area contributed by atoms with Crippen LogP contribution in [0.4, 0.5) is 13.2 Å². The fraction of sp³-hybridized carbons (Fsp3) is 0.125. The molecule has 0 radical (unpaired) electrons. The Labute approximate surface area is 124 Å². The van der Waals surface area contributed by atoms with Crippen LogP contribution in [0.1, 0.15) is 16.7 Å². The van der Waals surface area contributed by atoms with Crippen LogP contribution in [0.2, 0.25) is 0 Å². The number of rotatable bonds is 3. The van der Waals surface area contributed by atoms with Gasteiger partial charge in [-0.2, -0.15) is 13.2 Å². The molecule has 20 heavy (non-hydrogen) atoms. The topological polar surface area (TPSA) is 0 Å². The van der Waals surface area contributed by atoms with Crippen molar-refractivity contribution < 1.29 is 13.2 Å². The van der Waals surface area contributed by atoms with E-state index in [1.807, 2.05) is 36.4 Å². The molecule has 104 valence electrons. The molecular formula is C16H12BrF3. The van der Waals surface area contributed by atoms with Crippen molar-refractivity contribution in [3.8, 4) is 0 Å². The average molecular weight is 341 g/mol. The van der Waals surface area contributed by atoms with Gasteiger partial charge in [-0.05, 0) is 28.8 Å². The molecule has 0 amide bonds. The van der Waals surface area contributed by atoms with Crippen molar-refractivity contribution in [2.45, 2.75) is 6.18 Å². The third-order valence-corrected chi connectivity index (χ3v) is 3.19. The van der Waals surface area contributed by atoms with Crippen LogP contribution >= 0.6 is 15.9 Å². The Balaban J connectivity index is 2.49. The molecule has 0 N–H and O–H groups in total. The summed E-state index contributed by atoms with van der Waals surface area (Å²) >= 11 is 3.30. The molecule has 0 aliphatic heterocycles. The van der Waals surface area contributed by atoms with E-state index in [1.54, 1.807) is 6.07 Å². The minimum atomic E-state index is -4.33. The summed E-state index contributed by atoms with van der Waals surface area (Å²) < 4.78 is 38.4. The summed E-state index contributed by atoms with van der Waals surface area (Å²) in [7, 11) is 0. The molecule has 0 spiro atoms. The Hall–Kier alpha value is -1.55. The zero-order chi connectivity index (χ0) is 14.6. The highest BCUT2D eigenvalue weighted by atomic mass is 79.9. The minimum absolute atomic E-state index is 0.561. The highest BCUT2D eigenvalue weighted by Gasteiger charge is 2.30. The van der Waals surface area contributed by atoms with Crippen molar-refractivity contribution in [1.29, 1.82) is 0 Å². The van der Waals surface area contributed by atoms with E-state index >= 15 is 0 Å². The van der Waals surface area contributed by atoms with E-state index in [0.717, 1.165) is 17.2 Å². The molecule has 0 unspecified atom stereocenters. The van der Waals surface area contributed by atoms with E-state index in [-0.39, 0.29) is 0 Å². The highest BCUT2D eigenvalue weighted by molar-refractivity contribution is 9.09. The maximum Gasteiger partial charge on any atom is 0.416 e. The molecule has 0 aliphatic carbocycles. The Morgan fingerprint density at radius 1 is 0.950 bits per heavy atom. The number of hydrogen-bond donors (Lipinski definition) is 0. The summed E-state index contributed by atoms with van der Waals surface area (Å²) in [5, 5.41) is 0.577. The largest absolute Gasteiger partial charge is 0.416 e. The lowest BCUT2D eigenvalue weighted by atomic mass is 9.96. The zero-order valence-corrected chi connectivity index (χ0v) is 12.1. The van der Waals surface area contributed by atoms with Gasteiger partial charge in [0, 0.05) is 5.33 Å². The Morgan fingerprint density at radius 3 is 2.20 bits per heavy atom. The smallest absolute Gasteiger partial charge is 0.166 e. The van der Waals surface area contributed by atoms with Crippen molar-refractivity contribution in [3.05, 3.63) is 77.4 Å². The van der Waals surface area contributed by atoms with Gasteiger partial charge in [0.05, 0.1) is 5.56 Å². The molecule has 2 rings (SSSR count). The van der Waals surface area contributed by atoms with Crippen LogP contribution in [0.25, 0.3) is 5.57 Å². The van der Waals surface area contributed by atoms with Crippen molar-refractivity contribution in [2.24, 2.45) is 0 Å². The lowest BCUT2D eigenvalue weighted by Gasteiger charge is -2.12. The maximum atomic E-state index is 12.8. The standard InChI is InChI=1S/C16H12BrF3/c17-10-9-15(12-5-2-1-3-6-12)13-7-4-8-14(11-13)16(18,19)20/h1-9,11H,10H2/b15-9-. The molecule has 0 fully saturated rings. The quantitative estimate of drug-likeness (QED) is 0.644. The summed E-state index contributed by atoms with van der Waals surface area (Å²) in [6, 6.07) is 14.8. The molecule has 4 heteroatoms. The van der Waals surface area contributed by atoms with Crippen molar-refractivity contribution in [1.82, 2.24) is 0 Å². The van der Waals surface area contributed by atoms with Gasteiger partial charge in [-0.15, -0.1) is 0 Å². The second-order valence-corrected chi connectivity index (χ2v) is 4.86. The van der Waals surface area contributed by atoms with Gasteiger partial charge in [-0.3, -0.25) is 0 Å². The van der Waals surface area contributed by atoms with Crippen LogP contribution in [0.15, 0.2) is 60.7 Å². The molecule has 0 aliphatic rings. The molecule has 0 heterocycles. The SMILES string of the molecule is FC(F)(F)c1cccc(/C(=C\CBr)c2ccccc2)c1. The van der Waals surface area contributed by atoms with Crippen LogP contribution < -0.4 is 0 Å². The fourth-order valence-electron chi connectivity index (χ4n) is 1.96. The Bertz CT molecular complexity index is 601. The predicted molar refractivity (Wildman–Crippen MR) is 78.8 cm³/mol. The minimum Gasteiger partial charge on any atom is -0.166 e. The predicted octanol–water partition coefficient (Wildman–Crippen LogP) is 5.53. The van der Waals surface area contributed by atoms with Gasteiger partial charge < -0.3 is 0 Å². The van der Waals surface area contributed by atoms with E-state index in [1.165, 1.54) is 12.1 Å². The fourth-order valence-corrected chi connectivity index (χ4v) is 2.28. The maximum absolute atomic E-state index is 12.8. The summed E-state index contributed by atoms with van der Waals surface area (Å²) in [6.45, 7) is 0. The van der Waals surface area contributed by atoms with E-state index in [2.05, 4.69) is 15.9 Å². The van der Waals surface area contributed by atoms with Gasteiger partial charge in [0.1, 0.15) is 0 Å². The van der Waals surface area contributed by atoms with Gasteiger partial charge >= 0.3 is 6.18 Å². The zero-order valence-electron chi connectivity index (χ0n) is 10.5. The average Bonchev–Trinajstić information content (AvgIpc) is 2.45. The first-order valence-electron chi connectivity index (χ1n) is 6.01. The second-order valence-electron chi connectivity index (χ2n) is 4.22. The molecule has 0 nitrogen and oxygen atoms in total. The number of halogens is 4. The van der Waals surface area contributed by atoms with Crippen LogP contribution in [-0.2, 0) is 6.18 Å². The van der Waals surface area contributed by atoms with E-state index in [9.17, 15) is 13.2 Å². The summed E-state index contributed by atoms with van der Waals surface area (Å²) in [6.07, 6.45) is -2.46. The Kier molecular flexibility index (Phi) is 4.65. The molecule has 0 saturated heterocycles. The Morgan fingerprint density at radius 2 is 1.60 bits per heavy atom. The normalized spacial score (nSPS) is 12.5. The summed E-state index contributed by atoms with van der Waals surface area (Å²) in [5.74, 6) is 0. The highest BCUT2D eigenvalue weighted by Crippen LogP contribution is 2.32. The number of allylic oxidation sites excluding steroid dienone is 1. The summed E-state index contributed by atoms with van der Waals surface area (Å²) in [4.78, 5) is 0. The van der Waals surface area contributed by atoms with Crippen molar-refractivity contribution >= 4 is 21.5 Å². The van der Waals surface area contributed by atoms with Crippen LogP contribution in [0.5, 0.6) is 0 Å². The molecule has 0 aromatic heterocycles. The van der Waals surface area contributed by atoms with Gasteiger partial charge in [-0.25, -0.2) is 0 Å². The monoisotopic (exact) mass is 340 g/mol. The molecule has 0 atom stereocenters. The summed E-state index contributed by atoms with van der Waals surface area (Å²) in [5.41, 5.74) is 1.61. The van der Waals surface area contributed by atoms with Gasteiger partial charge in [-0.1, -0.05) is 64.5 Å². The lowest BCUT2D eigenvalue weighted by molar-refractivity contribution is -0.137. The van der Waals surface area contributed by atoms with E-state index in [0.29, 0.717) is 10.9 Å². The molecule has 0 bridgehead atoms. The number of hydrogen-bond acceptors (Lipinski definition) is 0. The first-order valence-corrected chi connectivity index (χ1v) is 7.13. The first-order chi connectivity index (χ1) is 9.52. The van der Waals surface area contributed by atoms with E-state index < -0.39 is 11.7 Å². The van der Waals surface area contributed by atoms with Gasteiger partial charge in [0.2, 0.25) is 0 Å². The molecule has 2 aromatic rings. The molecular weight excluding hydrogens is 329 g/mol. The van der Waals surface area contributed by atoms with Crippen molar-refractivity contribution in [3.63, 3.8) is 0 Å². The van der Waals surface area contributed by atoms with Crippen molar-refractivity contribution in [2.75, 3.05) is 5.33 Å². The lowest BCUT2D eigenvalue weighted by Crippen LogP contribution is -2.05. The number of alkyl halides is 4. The van der Waals surface area contributed by atoms with Gasteiger partial charge in [0.15, 0.2) is 0 Å². The van der Waals surface area contributed by atoms with Gasteiger partial charge in [0.25, 0.3) is 0 Å². The third-order valence-electron chi connectivity index (χ3n) is 2.87. The first kappa shape index (κ1) is 14.9. The molecule has 0 saturated carbocycles. The van der Waals surface area contributed by atoms with Crippen LogP contribution in [-0.4, -0.2) is 5.33 Å².